The van der Waals surface area contributed by atoms with Crippen molar-refractivity contribution in [2.24, 2.45) is 0 Å². The Morgan fingerprint density at radius 2 is 2.11 bits per heavy atom. The summed E-state index contributed by atoms with van der Waals surface area (Å²) in [7, 11) is 4.21. The molecule has 1 unspecified atom stereocenters. The molecule has 0 bridgehead atoms. The first-order valence-electron chi connectivity index (χ1n) is 6.43. The van der Waals surface area contributed by atoms with Crippen LogP contribution in [0.3, 0.4) is 0 Å². The highest BCUT2D eigenvalue weighted by Crippen LogP contribution is 2.19. The van der Waals surface area contributed by atoms with Crippen LogP contribution in [-0.2, 0) is 0 Å². The number of likely N-dealkylation sites (N-methyl/N-ethyl adjacent to an activating group) is 2. The first kappa shape index (κ1) is 13.0. The normalized spacial score (nSPS) is 13.1. The van der Waals surface area contributed by atoms with Crippen LogP contribution in [0.15, 0.2) is 36.5 Å². The fourth-order valence-corrected chi connectivity index (χ4v) is 2.21. The molecule has 0 amide bonds. The third kappa shape index (κ3) is 3.06. The highest BCUT2D eigenvalue weighted by Gasteiger charge is 2.11. The second kappa shape index (κ2) is 5.94. The van der Waals surface area contributed by atoms with Crippen molar-refractivity contribution < 1.29 is 0 Å². The summed E-state index contributed by atoms with van der Waals surface area (Å²) in [6, 6.07) is 11.0. The standard InChI is InChI=1S/C15H21N3/c1-4-16-15(11-18(2)3)13-7-8-14-12(10-13)6-5-9-17-14/h5-10,15-16H,4,11H2,1-3H3. The molecule has 0 radical (unpaired) electrons. The van der Waals surface area contributed by atoms with Crippen molar-refractivity contribution >= 4 is 10.9 Å². The maximum Gasteiger partial charge on any atom is 0.0702 e. The van der Waals surface area contributed by atoms with Gasteiger partial charge in [0.05, 0.1) is 5.52 Å². The van der Waals surface area contributed by atoms with Gasteiger partial charge in [0, 0.05) is 24.2 Å². The summed E-state index contributed by atoms with van der Waals surface area (Å²) in [5, 5.41) is 4.74. The van der Waals surface area contributed by atoms with E-state index < -0.39 is 0 Å². The SMILES string of the molecule is CCNC(CN(C)C)c1ccc2ncccc2c1. The van der Waals surface area contributed by atoms with Gasteiger partial charge in [0.2, 0.25) is 0 Å². The molecule has 0 fully saturated rings. The molecule has 0 saturated carbocycles. The van der Waals surface area contributed by atoms with Crippen LogP contribution in [0.2, 0.25) is 0 Å². The predicted molar refractivity (Wildman–Crippen MR) is 76.7 cm³/mol. The van der Waals surface area contributed by atoms with E-state index in [1.165, 1.54) is 10.9 Å². The van der Waals surface area contributed by atoms with Gasteiger partial charge >= 0.3 is 0 Å². The van der Waals surface area contributed by atoms with E-state index in [4.69, 9.17) is 0 Å². The number of benzene rings is 1. The van der Waals surface area contributed by atoms with E-state index in [1.54, 1.807) is 0 Å². The Bertz CT molecular complexity index is 508. The monoisotopic (exact) mass is 243 g/mol. The van der Waals surface area contributed by atoms with Gasteiger partial charge in [-0.05, 0) is 44.4 Å². The lowest BCUT2D eigenvalue weighted by molar-refractivity contribution is 0.345. The molecule has 0 aliphatic heterocycles. The van der Waals surface area contributed by atoms with Crippen LogP contribution < -0.4 is 5.32 Å². The van der Waals surface area contributed by atoms with Crippen molar-refractivity contribution in [3.05, 3.63) is 42.1 Å². The minimum Gasteiger partial charge on any atom is -0.309 e. The Kier molecular flexibility index (Phi) is 4.28. The number of rotatable bonds is 5. The number of fused-ring (bicyclic) bond motifs is 1. The first-order valence-corrected chi connectivity index (χ1v) is 6.43. The van der Waals surface area contributed by atoms with E-state index in [-0.39, 0.29) is 0 Å². The number of pyridine rings is 1. The molecule has 0 spiro atoms. The smallest absolute Gasteiger partial charge is 0.0702 e. The van der Waals surface area contributed by atoms with E-state index in [1.807, 2.05) is 12.3 Å². The highest BCUT2D eigenvalue weighted by atomic mass is 15.1. The van der Waals surface area contributed by atoms with Crippen LogP contribution in [0, 0.1) is 0 Å². The first-order chi connectivity index (χ1) is 8.70. The van der Waals surface area contributed by atoms with E-state index in [0.717, 1.165) is 18.6 Å². The van der Waals surface area contributed by atoms with E-state index in [0.29, 0.717) is 6.04 Å². The predicted octanol–water partition coefficient (Wildman–Crippen LogP) is 2.45. The van der Waals surface area contributed by atoms with Crippen LogP contribution in [0.5, 0.6) is 0 Å². The molecule has 1 aromatic carbocycles. The minimum atomic E-state index is 0.370. The molecule has 3 nitrogen and oxygen atoms in total. The van der Waals surface area contributed by atoms with Gasteiger partial charge in [-0.2, -0.15) is 0 Å². The maximum absolute atomic E-state index is 4.36. The molecule has 1 aromatic heterocycles. The third-order valence-electron chi connectivity index (χ3n) is 3.03. The van der Waals surface area contributed by atoms with Crippen molar-refractivity contribution in [1.29, 1.82) is 0 Å². The van der Waals surface area contributed by atoms with Crippen molar-refractivity contribution in [2.75, 3.05) is 27.2 Å². The van der Waals surface area contributed by atoms with Crippen molar-refractivity contribution in [1.82, 2.24) is 15.2 Å². The summed E-state index contributed by atoms with van der Waals surface area (Å²) in [4.78, 5) is 6.57. The molecule has 1 N–H and O–H groups in total. The van der Waals surface area contributed by atoms with Gasteiger partial charge in [0.25, 0.3) is 0 Å². The number of hydrogen-bond donors (Lipinski definition) is 1. The summed E-state index contributed by atoms with van der Waals surface area (Å²) in [5.41, 5.74) is 2.38. The van der Waals surface area contributed by atoms with Gasteiger partial charge in [-0.1, -0.05) is 19.1 Å². The Morgan fingerprint density at radius 3 is 2.83 bits per heavy atom. The summed E-state index contributed by atoms with van der Waals surface area (Å²) >= 11 is 0. The summed E-state index contributed by atoms with van der Waals surface area (Å²) < 4.78 is 0. The fraction of sp³-hybridized carbons (Fsp3) is 0.400. The van der Waals surface area contributed by atoms with Gasteiger partial charge in [-0.3, -0.25) is 4.98 Å². The fourth-order valence-electron chi connectivity index (χ4n) is 2.21. The molecule has 1 atom stereocenters. The molecule has 3 heteroatoms. The zero-order valence-electron chi connectivity index (χ0n) is 11.4. The zero-order chi connectivity index (χ0) is 13.0. The molecule has 0 aliphatic rings. The second-order valence-corrected chi connectivity index (χ2v) is 4.83. The van der Waals surface area contributed by atoms with Crippen molar-refractivity contribution in [3.63, 3.8) is 0 Å². The van der Waals surface area contributed by atoms with Gasteiger partial charge in [0.15, 0.2) is 0 Å². The number of hydrogen-bond acceptors (Lipinski definition) is 3. The van der Waals surface area contributed by atoms with Crippen molar-refractivity contribution in [2.45, 2.75) is 13.0 Å². The molecule has 18 heavy (non-hydrogen) atoms. The molecule has 96 valence electrons. The van der Waals surface area contributed by atoms with Gasteiger partial charge in [-0.15, -0.1) is 0 Å². The van der Waals surface area contributed by atoms with Crippen molar-refractivity contribution in [3.8, 4) is 0 Å². The second-order valence-electron chi connectivity index (χ2n) is 4.83. The Morgan fingerprint density at radius 1 is 1.28 bits per heavy atom. The average Bonchev–Trinajstić information content (AvgIpc) is 2.37. The topological polar surface area (TPSA) is 28.2 Å². The molecular formula is C15H21N3. The van der Waals surface area contributed by atoms with Crippen LogP contribution in [0.4, 0.5) is 0 Å². The quantitative estimate of drug-likeness (QED) is 0.874. The number of nitrogens with one attached hydrogen (secondary N) is 1. The van der Waals surface area contributed by atoms with Gasteiger partial charge in [0.1, 0.15) is 0 Å². The molecule has 1 heterocycles. The molecule has 2 rings (SSSR count). The van der Waals surface area contributed by atoms with Crippen LogP contribution >= 0.6 is 0 Å². The zero-order valence-corrected chi connectivity index (χ0v) is 11.4. The minimum absolute atomic E-state index is 0.370. The molecule has 0 saturated heterocycles. The number of aromatic nitrogens is 1. The third-order valence-corrected chi connectivity index (χ3v) is 3.03. The Labute approximate surface area is 109 Å². The Balaban J connectivity index is 2.31. The van der Waals surface area contributed by atoms with Crippen LogP contribution in [0.25, 0.3) is 10.9 Å². The highest BCUT2D eigenvalue weighted by molar-refractivity contribution is 5.79. The molecular weight excluding hydrogens is 222 g/mol. The lowest BCUT2D eigenvalue weighted by Gasteiger charge is -2.22. The summed E-state index contributed by atoms with van der Waals surface area (Å²) in [6.07, 6.45) is 1.84. The molecule has 2 aromatic rings. The Hall–Kier alpha value is -1.45. The van der Waals surface area contributed by atoms with Gasteiger partial charge in [-0.25, -0.2) is 0 Å². The summed E-state index contributed by atoms with van der Waals surface area (Å²) in [5.74, 6) is 0. The molecule has 0 aliphatic carbocycles. The van der Waals surface area contributed by atoms with Crippen LogP contribution in [0.1, 0.15) is 18.5 Å². The maximum atomic E-state index is 4.36. The lowest BCUT2D eigenvalue weighted by atomic mass is 10.0. The van der Waals surface area contributed by atoms with E-state index in [9.17, 15) is 0 Å². The van der Waals surface area contributed by atoms with E-state index in [2.05, 4.69) is 60.5 Å². The average molecular weight is 243 g/mol. The summed E-state index contributed by atoms with van der Waals surface area (Å²) in [6.45, 7) is 4.12. The van der Waals surface area contributed by atoms with E-state index >= 15 is 0 Å². The van der Waals surface area contributed by atoms with Crippen LogP contribution in [-0.4, -0.2) is 37.1 Å². The largest absolute Gasteiger partial charge is 0.309 e. The number of nitrogens with zero attached hydrogens (tertiary/aromatic N) is 2. The lowest BCUT2D eigenvalue weighted by Crippen LogP contribution is -2.31. The van der Waals surface area contributed by atoms with Gasteiger partial charge < -0.3 is 10.2 Å².